The number of aromatic nitrogens is 2. The van der Waals surface area contributed by atoms with Gasteiger partial charge < -0.3 is 5.32 Å². The van der Waals surface area contributed by atoms with E-state index in [1.807, 2.05) is 16.9 Å². The molecular weight excluding hydrogens is 421 g/mol. The molecule has 0 saturated heterocycles. The number of amides is 1. The fourth-order valence-electron chi connectivity index (χ4n) is 2.53. The number of hydrogen-bond donors (Lipinski definition) is 2. The molecule has 0 spiro atoms. The van der Waals surface area contributed by atoms with Crippen molar-refractivity contribution in [1.82, 2.24) is 19.8 Å². The Bertz CT molecular complexity index is 1110. The molecule has 0 unspecified atom stereocenters. The van der Waals surface area contributed by atoms with Crippen LogP contribution in [0.25, 0.3) is 5.69 Å². The molecule has 3 aromatic rings. The minimum atomic E-state index is -4.67. The van der Waals surface area contributed by atoms with E-state index in [4.69, 9.17) is 0 Å². The average Bonchev–Trinajstić information content (AvgIpc) is 3.25. The fourth-order valence-corrected chi connectivity index (χ4v) is 3.56. The summed E-state index contributed by atoms with van der Waals surface area (Å²) in [5.41, 5.74) is 0.525. The number of halogens is 3. The smallest absolute Gasteiger partial charge is 0.351 e. The summed E-state index contributed by atoms with van der Waals surface area (Å²) in [5, 5.41) is 6.65. The van der Waals surface area contributed by atoms with Gasteiger partial charge in [-0.15, -0.1) is 0 Å². The van der Waals surface area contributed by atoms with Crippen molar-refractivity contribution >= 4 is 15.9 Å². The quantitative estimate of drug-likeness (QED) is 0.593. The second-order valence-electron chi connectivity index (χ2n) is 6.24. The fraction of sp³-hybridized carbons (Fsp3) is 0.158. The maximum Gasteiger partial charge on any atom is 0.416 e. The highest BCUT2D eigenvalue weighted by Crippen LogP contribution is 2.30. The van der Waals surface area contributed by atoms with Gasteiger partial charge in [-0.25, -0.2) is 17.8 Å². The third-order valence-electron chi connectivity index (χ3n) is 4.09. The monoisotopic (exact) mass is 438 g/mol. The van der Waals surface area contributed by atoms with Gasteiger partial charge in [0.05, 0.1) is 22.7 Å². The highest BCUT2D eigenvalue weighted by molar-refractivity contribution is 7.89. The Kier molecular flexibility index (Phi) is 6.22. The molecule has 0 aliphatic carbocycles. The van der Waals surface area contributed by atoms with Gasteiger partial charge in [-0.05, 0) is 42.0 Å². The largest absolute Gasteiger partial charge is 0.416 e. The Labute approximate surface area is 170 Å². The van der Waals surface area contributed by atoms with Crippen LogP contribution in [-0.2, 0) is 27.5 Å². The van der Waals surface area contributed by atoms with E-state index in [9.17, 15) is 26.4 Å². The average molecular weight is 438 g/mol. The number of nitrogens with zero attached hydrogens (tertiary/aromatic N) is 2. The highest BCUT2D eigenvalue weighted by Gasteiger charge is 2.31. The van der Waals surface area contributed by atoms with Gasteiger partial charge in [0.15, 0.2) is 0 Å². The van der Waals surface area contributed by atoms with Gasteiger partial charge in [-0.2, -0.15) is 18.3 Å². The summed E-state index contributed by atoms with van der Waals surface area (Å²) in [4.78, 5) is 11.4. The minimum Gasteiger partial charge on any atom is -0.351 e. The van der Waals surface area contributed by atoms with E-state index in [1.54, 1.807) is 35.3 Å². The predicted octanol–water partition coefficient (Wildman–Crippen LogP) is 2.49. The van der Waals surface area contributed by atoms with E-state index >= 15 is 0 Å². The lowest BCUT2D eigenvalue weighted by molar-refractivity contribution is -0.137. The van der Waals surface area contributed by atoms with Crippen molar-refractivity contribution in [2.24, 2.45) is 0 Å². The summed E-state index contributed by atoms with van der Waals surface area (Å²) in [6, 6.07) is 12.3. The number of benzene rings is 2. The summed E-state index contributed by atoms with van der Waals surface area (Å²) in [6.45, 7) is -0.451. The normalized spacial score (nSPS) is 12.0. The van der Waals surface area contributed by atoms with E-state index in [0.29, 0.717) is 6.07 Å². The van der Waals surface area contributed by atoms with E-state index in [-0.39, 0.29) is 6.54 Å². The van der Waals surface area contributed by atoms with Gasteiger partial charge in [0.25, 0.3) is 0 Å². The lowest BCUT2D eigenvalue weighted by Gasteiger charge is -2.11. The van der Waals surface area contributed by atoms with Gasteiger partial charge >= 0.3 is 6.18 Å². The van der Waals surface area contributed by atoms with Crippen LogP contribution in [0.15, 0.2) is 71.9 Å². The molecule has 158 valence electrons. The van der Waals surface area contributed by atoms with Crippen LogP contribution in [-0.4, -0.2) is 30.7 Å². The molecular formula is C19H17F3N4O3S. The van der Waals surface area contributed by atoms with Crippen LogP contribution in [0.3, 0.4) is 0 Å². The first-order valence-corrected chi connectivity index (χ1v) is 10.2. The molecule has 11 heteroatoms. The molecule has 0 atom stereocenters. The molecule has 7 nitrogen and oxygen atoms in total. The molecule has 0 aliphatic rings. The van der Waals surface area contributed by atoms with Crippen LogP contribution >= 0.6 is 0 Å². The van der Waals surface area contributed by atoms with E-state index < -0.39 is 39.1 Å². The number of nitrogens with one attached hydrogen (secondary N) is 2. The van der Waals surface area contributed by atoms with Crippen molar-refractivity contribution in [3.8, 4) is 5.69 Å². The number of rotatable bonds is 7. The Balaban J connectivity index is 1.54. The van der Waals surface area contributed by atoms with Gasteiger partial charge in [-0.3, -0.25) is 4.79 Å². The molecule has 0 bridgehead atoms. The number of hydrogen-bond acceptors (Lipinski definition) is 4. The number of alkyl halides is 3. The SMILES string of the molecule is O=C(CNS(=O)(=O)c1cccc(C(F)(F)F)c1)NCc1ccc(-n2cccn2)cc1. The maximum atomic E-state index is 12.8. The predicted molar refractivity (Wildman–Crippen MR) is 102 cm³/mol. The van der Waals surface area contributed by atoms with Gasteiger partial charge in [0.1, 0.15) is 0 Å². The van der Waals surface area contributed by atoms with Crippen molar-refractivity contribution in [2.45, 2.75) is 17.6 Å². The molecule has 1 aromatic heterocycles. The standard InChI is InChI=1S/C19H17F3N4O3S/c20-19(21,22)15-3-1-4-17(11-15)30(28,29)25-13-18(27)23-12-14-5-7-16(8-6-14)26-10-2-9-24-26/h1-11,25H,12-13H2,(H,23,27). The molecule has 2 N–H and O–H groups in total. The van der Waals surface area contributed by atoms with Crippen molar-refractivity contribution < 1.29 is 26.4 Å². The lowest BCUT2D eigenvalue weighted by Crippen LogP contribution is -2.36. The zero-order valence-corrected chi connectivity index (χ0v) is 16.2. The number of carbonyl (C=O) groups excluding carboxylic acids is 1. The summed E-state index contributed by atoms with van der Waals surface area (Å²) in [6.07, 6.45) is -1.24. The molecule has 0 fully saturated rings. The molecule has 2 aromatic carbocycles. The van der Waals surface area contributed by atoms with Crippen LogP contribution in [0.5, 0.6) is 0 Å². The van der Waals surface area contributed by atoms with Crippen molar-refractivity contribution in [3.63, 3.8) is 0 Å². The third kappa shape index (κ3) is 5.45. The van der Waals surface area contributed by atoms with Crippen molar-refractivity contribution in [1.29, 1.82) is 0 Å². The summed E-state index contributed by atoms with van der Waals surface area (Å²) < 4.78 is 66.3. The van der Waals surface area contributed by atoms with E-state index in [1.165, 1.54) is 0 Å². The zero-order valence-electron chi connectivity index (χ0n) is 15.4. The Hall–Kier alpha value is -3.18. The topological polar surface area (TPSA) is 93.1 Å². The maximum absolute atomic E-state index is 12.8. The van der Waals surface area contributed by atoms with Crippen LogP contribution in [0, 0.1) is 0 Å². The number of carbonyl (C=O) groups is 1. The molecule has 30 heavy (non-hydrogen) atoms. The van der Waals surface area contributed by atoms with Crippen molar-refractivity contribution in [2.75, 3.05) is 6.54 Å². The Morgan fingerprint density at radius 2 is 1.80 bits per heavy atom. The minimum absolute atomic E-state index is 0.156. The summed E-state index contributed by atoms with van der Waals surface area (Å²) in [5.74, 6) is -0.623. The Morgan fingerprint density at radius 3 is 2.43 bits per heavy atom. The van der Waals surface area contributed by atoms with Crippen LogP contribution in [0.2, 0.25) is 0 Å². The van der Waals surface area contributed by atoms with Crippen LogP contribution in [0.1, 0.15) is 11.1 Å². The molecule has 1 heterocycles. The van der Waals surface area contributed by atoms with E-state index in [2.05, 4.69) is 10.4 Å². The van der Waals surface area contributed by atoms with Crippen molar-refractivity contribution in [3.05, 3.63) is 78.1 Å². The Morgan fingerprint density at radius 1 is 1.07 bits per heavy atom. The second-order valence-corrected chi connectivity index (χ2v) is 8.01. The van der Waals surface area contributed by atoms with Gasteiger partial charge in [-0.1, -0.05) is 18.2 Å². The lowest BCUT2D eigenvalue weighted by atomic mass is 10.2. The highest BCUT2D eigenvalue weighted by atomic mass is 32.2. The molecule has 1 amide bonds. The van der Waals surface area contributed by atoms with Gasteiger partial charge in [0.2, 0.25) is 15.9 Å². The van der Waals surface area contributed by atoms with Crippen LogP contribution < -0.4 is 10.0 Å². The molecule has 3 rings (SSSR count). The first-order chi connectivity index (χ1) is 14.1. The second kappa shape index (κ2) is 8.67. The summed E-state index contributed by atoms with van der Waals surface area (Å²) in [7, 11) is -4.27. The number of sulfonamides is 1. The molecule has 0 aliphatic heterocycles. The zero-order chi connectivity index (χ0) is 21.8. The third-order valence-corrected chi connectivity index (χ3v) is 5.49. The first kappa shape index (κ1) is 21.5. The van der Waals surface area contributed by atoms with Crippen LogP contribution in [0.4, 0.5) is 13.2 Å². The molecule has 0 saturated carbocycles. The first-order valence-electron chi connectivity index (χ1n) is 8.68. The van der Waals surface area contributed by atoms with E-state index in [0.717, 1.165) is 29.4 Å². The summed E-state index contributed by atoms with van der Waals surface area (Å²) >= 11 is 0. The molecule has 0 radical (unpaired) electrons. The van der Waals surface area contributed by atoms with Gasteiger partial charge in [0, 0.05) is 18.9 Å².